The number of amides is 1. The van der Waals surface area contributed by atoms with Crippen molar-refractivity contribution in [2.75, 3.05) is 19.6 Å². The second kappa shape index (κ2) is 6.66. The highest BCUT2D eigenvalue weighted by Gasteiger charge is 2.21. The summed E-state index contributed by atoms with van der Waals surface area (Å²) in [6.07, 6.45) is 1.35. The van der Waals surface area contributed by atoms with E-state index < -0.39 is 0 Å². The van der Waals surface area contributed by atoms with Gasteiger partial charge in [-0.25, -0.2) is 4.39 Å². The number of hydrogen-bond acceptors (Lipinski definition) is 2. The number of halogens is 1. The van der Waals surface area contributed by atoms with E-state index in [4.69, 9.17) is 0 Å². The van der Waals surface area contributed by atoms with E-state index in [2.05, 4.69) is 17.6 Å². The number of carbonyl (C=O) groups is 1. The van der Waals surface area contributed by atoms with Crippen LogP contribution in [0.1, 0.15) is 18.9 Å². The van der Waals surface area contributed by atoms with Crippen molar-refractivity contribution in [3.63, 3.8) is 0 Å². The molecule has 19 heavy (non-hydrogen) atoms. The van der Waals surface area contributed by atoms with Crippen molar-refractivity contribution >= 4 is 5.91 Å². The van der Waals surface area contributed by atoms with Gasteiger partial charge in [-0.1, -0.05) is 19.1 Å². The number of nitrogens with one attached hydrogen (secondary N) is 2. The molecule has 0 saturated carbocycles. The molecule has 2 atom stereocenters. The van der Waals surface area contributed by atoms with Gasteiger partial charge >= 0.3 is 0 Å². The van der Waals surface area contributed by atoms with Crippen LogP contribution in [-0.4, -0.2) is 25.5 Å². The van der Waals surface area contributed by atoms with Crippen LogP contribution in [-0.2, 0) is 11.2 Å². The third-order valence-electron chi connectivity index (χ3n) is 3.78. The lowest BCUT2D eigenvalue weighted by molar-refractivity contribution is -0.120. The topological polar surface area (TPSA) is 41.1 Å². The van der Waals surface area contributed by atoms with Crippen LogP contribution in [0, 0.1) is 17.7 Å². The molecule has 1 aliphatic heterocycles. The molecule has 0 radical (unpaired) electrons. The van der Waals surface area contributed by atoms with Crippen molar-refractivity contribution in [1.29, 1.82) is 0 Å². The van der Waals surface area contributed by atoms with Crippen LogP contribution in [0.15, 0.2) is 24.3 Å². The van der Waals surface area contributed by atoms with Gasteiger partial charge in [0.1, 0.15) is 5.82 Å². The zero-order valence-corrected chi connectivity index (χ0v) is 11.3. The number of carbonyl (C=O) groups excluding carboxylic acids is 1. The van der Waals surface area contributed by atoms with Crippen molar-refractivity contribution in [3.8, 4) is 0 Å². The fraction of sp³-hybridized carbons (Fsp3) is 0.533. The van der Waals surface area contributed by atoms with Gasteiger partial charge in [0.05, 0.1) is 6.42 Å². The molecule has 104 valence electrons. The minimum absolute atomic E-state index is 0.0312. The molecular weight excluding hydrogens is 243 g/mol. The minimum Gasteiger partial charge on any atom is -0.356 e. The molecule has 0 spiro atoms. The quantitative estimate of drug-likeness (QED) is 0.869. The van der Waals surface area contributed by atoms with Gasteiger partial charge in [0.15, 0.2) is 0 Å². The Labute approximate surface area is 113 Å². The van der Waals surface area contributed by atoms with Crippen molar-refractivity contribution in [2.45, 2.75) is 19.8 Å². The van der Waals surface area contributed by atoms with E-state index in [1.807, 2.05) is 0 Å². The van der Waals surface area contributed by atoms with E-state index >= 15 is 0 Å². The molecule has 2 rings (SSSR count). The van der Waals surface area contributed by atoms with Crippen LogP contribution >= 0.6 is 0 Å². The Morgan fingerprint density at radius 1 is 1.53 bits per heavy atom. The van der Waals surface area contributed by atoms with Crippen molar-refractivity contribution in [2.24, 2.45) is 11.8 Å². The molecule has 1 aliphatic rings. The molecule has 1 heterocycles. The summed E-state index contributed by atoms with van der Waals surface area (Å²) >= 11 is 0. The monoisotopic (exact) mass is 264 g/mol. The highest BCUT2D eigenvalue weighted by Crippen LogP contribution is 2.17. The van der Waals surface area contributed by atoms with Crippen LogP contribution in [0.25, 0.3) is 0 Å². The average molecular weight is 264 g/mol. The molecule has 2 unspecified atom stereocenters. The lowest BCUT2D eigenvalue weighted by atomic mass is 9.88. The molecule has 0 aromatic heterocycles. The third kappa shape index (κ3) is 4.31. The zero-order chi connectivity index (χ0) is 13.7. The summed E-state index contributed by atoms with van der Waals surface area (Å²) in [6, 6.07) is 6.20. The molecule has 4 heteroatoms. The average Bonchev–Trinajstić information content (AvgIpc) is 2.38. The second-order valence-electron chi connectivity index (χ2n) is 5.34. The van der Waals surface area contributed by atoms with Gasteiger partial charge < -0.3 is 10.6 Å². The van der Waals surface area contributed by atoms with Crippen LogP contribution in [0.2, 0.25) is 0 Å². The number of benzene rings is 1. The van der Waals surface area contributed by atoms with Crippen LogP contribution in [0.3, 0.4) is 0 Å². The first-order valence-electron chi connectivity index (χ1n) is 6.87. The maximum atomic E-state index is 13.0. The van der Waals surface area contributed by atoms with E-state index in [1.165, 1.54) is 12.1 Å². The molecule has 1 fully saturated rings. The summed E-state index contributed by atoms with van der Waals surface area (Å²) < 4.78 is 13.0. The molecule has 3 nitrogen and oxygen atoms in total. The molecule has 1 amide bonds. The summed E-state index contributed by atoms with van der Waals surface area (Å²) in [6.45, 7) is 4.96. The van der Waals surface area contributed by atoms with Crippen LogP contribution in [0.5, 0.6) is 0 Å². The van der Waals surface area contributed by atoms with Crippen molar-refractivity contribution in [1.82, 2.24) is 10.6 Å². The van der Waals surface area contributed by atoms with Gasteiger partial charge in [-0.3, -0.25) is 4.79 Å². The SMILES string of the molecule is CC1CNCCC1CNC(=O)Cc1cccc(F)c1. The van der Waals surface area contributed by atoms with E-state index in [1.54, 1.807) is 12.1 Å². The molecule has 1 aromatic carbocycles. The summed E-state index contributed by atoms with van der Waals surface area (Å²) in [5.41, 5.74) is 0.718. The maximum Gasteiger partial charge on any atom is 0.224 e. The molecule has 1 aromatic rings. The largest absolute Gasteiger partial charge is 0.356 e. The van der Waals surface area contributed by atoms with E-state index in [0.717, 1.165) is 31.6 Å². The summed E-state index contributed by atoms with van der Waals surface area (Å²) in [5.74, 6) is 0.800. The molecule has 0 aliphatic carbocycles. The predicted molar refractivity (Wildman–Crippen MR) is 73.3 cm³/mol. The highest BCUT2D eigenvalue weighted by atomic mass is 19.1. The van der Waals surface area contributed by atoms with Crippen LogP contribution in [0.4, 0.5) is 4.39 Å². The highest BCUT2D eigenvalue weighted by molar-refractivity contribution is 5.78. The third-order valence-corrected chi connectivity index (χ3v) is 3.78. The van der Waals surface area contributed by atoms with E-state index in [9.17, 15) is 9.18 Å². The second-order valence-corrected chi connectivity index (χ2v) is 5.34. The summed E-state index contributed by atoms with van der Waals surface area (Å²) in [7, 11) is 0. The summed E-state index contributed by atoms with van der Waals surface area (Å²) in [5, 5.41) is 6.31. The van der Waals surface area contributed by atoms with Crippen molar-refractivity contribution in [3.05, 3.63) is 35.6 Å². The first-order valence-corrected chi connectivity index (χ1v) is 6.87. The van der Waals surface area contributed by atoms with Gasteiger partial charge in [-0.05, 0) is 49.0 Å². The molecule has 1 saturated heterocycles. The Bertz CT molecular complexity index is 436. The molecule has 2 N–H and O–H groups in total. The minimum atomic E-state index is -0.294. The lowest BCUT2D eigenvalue weighted by Gasteiger charge is -2.29. The Hall–Kier alpha value is -1.42. The van der Waals surface area contributed by atoms with E-state index in [0.29, 0.717) is 11.8 Å². The Morgan fingerprint density at radius 2 is 2.37 bits per heavy atom. The van der Waals surface area contributed by atoms with Gasteiger partial charge in [-0.15, -0.1) is 0 Å². The normalized spacial score (nSPS) is 23.1. The van der Waals surface area contributed by atoms with E-state index in [-0.39, 0.29) is 18.1 Å². The standard InChI is InChI=1S/C15H21FN2O/c1-11-9-17-6-5-13(11)10-18-15(19)8-12-3-2-4-14(16)7-12/h2-4,7,11,13,17H,5-6,8-10H2,1H3,(H,18,19). The molecule has 0 bridgehead atoms. The fourth-order valence-electron chi connectivity index (χ4n) is 2.51. The first kappa shape index (κ1) is 14.0. The van der Waals surface area contributed by atoms with Gasteiger partial charge in [0, 0.05) is 6.54 Å². The number of rotatable bonds is 4. The molecular formula is C15H21FN2O. The predicted octanol–water partition coefficient (Wildman–Crippen LogP) is 1.73. The van der Waals surface area contributed by atoms with Gasteiger partial charge in [-0.2, -0.15) is 0 Å². The first-order chi connectivity index (χ1) is 9.15. The summed E-state index contributed by atoms with van der Waals surface area (Å²) in [4.78, 5) is 11.8. The Kier molecular flexibility index (Phi) is 4.91. The maximum absolute atomic E-state index is 13.0. The zero-order valence-electron chi connectivity index (χ0n) is 11.3. The van der Waals surface area contributed by atoms with Gasteiger partial charge in [0.2, 0.25) is 5.91 Å². The van der Waals surface area contributed by atoms with Gasteiger partial charge in [0.25, 0.3) is 0 Å². The Balaban J connectivity index is 1.78. The van der Waals surface area contributed by atoms with Crippen molar-refractivity contribution < 1.29 is 9.18 Å². The smallest absolute Gasteiger partial charge is 0.224 e. The van der Waals surface area contributed by atoms with Crippen LogP contribution < -0.4 is 10.6 Å². The fourth-order valence-corrected chi connectivity index (χ4v) is 2.51. The Morgan fingerprint density at radius 3 is 3.11 bits per heavy atom. The number of piperidine rings is 1. The lowest BCUT2D eigenvalue weighted by Crippen LogP contribution is -2.41. The number of hydrogen-bond donors (Lipinski definition) is 2.